The molecule has 3 rings (SSSR count). The molecule has 0 heterocycles. The molecule has 2 saturated carbocycles. The molecule has 2 aliphatic carbocycles. The van der Waals surface area contributed by atoms with Crippen LogP contribution in [0.2, 0.25) is 0 Å². The van der Waals surface area contributed by atoms with E-state index in [1.807, 2.05) is 0 Å². The van der Waals surface area contributed by atoms with Crippen LogP contribution in [-0.2, 0) is 6.42 Å². The van der Waals surface area contributed by atoms with Gasteiger partial charge in [-0.2, -0.15) is 0 Å². The van der Waals surface area contributed by atoms with Crippen molar-refractivity contribution in [1.82, 2.24) is 0 Å². The first-order chi connectivity index (χ1) is 13.3. The normalized spacial score (nSPS) is 29.3. The van der Waals surface area contributed by atoms with Gasteiger partial charge in [-0.05, 0) is 99.0 Å². The number of rotatable bonds is 8. The van der Waals surface area contributed by atoms with Crippen LogP contribution in [0.25, 0.3) is 0 Å². The molecule has 0 nitrogen and oxygen atoms in total. The molecule has 0 bridgehead atoms. The Morgan fingerprint density at radius 1 is 0.815 bits per heavy atom. The molecule has 0 amide bonds. The van der Waals surface area contributed by atoms with E-state index in [9.17, 15) is 4.39 Å². The Bertz CT molecular complexity index is 542. The van der Waals surface area contributed by atoms with Crippen LogP contribution in [-0.4, -0.2) is 0 Å². The van der Waals surface area contributed by atoms with Crippen LogP contribution in [0, 0.1) is 17.8 Å². The number of hydrogen-bond donors (Lipinski definition) is 0. The fraction of sp³-hybridized carbons (Fsp3) is 0.692. The summed E-state index contributed by atoms with van der Waals surface area (Å²) < 4.78 is 12.4. The molecule has 2 aliphatic rings. The van der Waals surface area contributed by atoms with Crippen LogP contribution in [0.4, 0.5) is 4.39 Å². The van der Waals surface area contributed by atoms with E-state index in [1.54, 1.807) is 11.6 Å². The van der Waals surface area contributed by atoms with Crippen LogP contribution in [0.1, 0.15) is 101 Å². The summed E-state index contributed by atoms with van der Waals surface area (Å²) in [4.78, 5) is 0. The third-order valence-electron chi connectivity index (χ3n) is 7.37. The van der Waals surface area contributed by atoms with Gasteiger partial charge in [-0.3, -0.25) is 0 Å². The predicted molar refractivity (Wildman–Crippen MR) is 115 cm³/mol. The number of benzene rings is 1. The maximum atomic E-state index is 12.4. The van der Waals surface area contributed by atoms with Gasteiger partial charge < -0.3 is 0 Å². The predicted octanol–water partition coefficient (Wildman–Crippen LogP) is 8.37. The first-order valence-corrected chi connectivity index (χ1v) is 11.7. The van der Waals surface area contributed by atoms with Crippen LogP contribution < -0.4 is 0 Å². The van der Waals surface area contributed by atoms with Gasteiger partial charge in [0.1, 0.15) is 0 Å². The average molecular weight is 371 g/mol. The van der Waals surface area contributed by atoms with Gasteiger partial charge in [0.25, 0.3) is 0 Å². The minimum absolute atomic E-state index is 0.503. The molecule has 0 aliphatic heterocycles. The van der Waals surface area contributed by atoms with E-state index in [1.165, 1.54) is 89.0 Å². The van der Waals surface area contributed by atoms with Crippen LogP contribution in [0.3, 0.4) is 0 Å². The second-order valence-corrected chi connectivity index (χ2v) is 9.16. The van der Waals surface area contributed by atoms with Gasteiger partial charge in [-0.15, -0.1) is 0 Å². The largest absolute Gasteiger partial charge is 0.216 e. The third kappa shape index (κ3) is 6.19. The smallest absolute Gasteiger partial charge is 0.0829 e. The van der Waals surface area contributed by atoms with Gasteiger partial charge in [-0.25, -0.2) is 4.39 Å². The van der Waals surface area contributed by atoms with Crippen molar-refractivity contribution < 1.29 is 4.39 Å². The minimum Gasteiger partial charge on any atom is -0.216 e. The van der Waals surface area contributed by atoms with Crippen molar-refractivity contribution in [2.45, 2.75) is 96.3 Å². The molecule has 0 radical (unpaired) electrons. The van der Waals surface area contributed by atoms with Crippen LogP contribution >= 0.6 is 0 Å². The number of allylic oxidation sites excluding steroid dienone is 1. The average Bonchev–Trinajstić information content (AvgIpc) is 2.73. The van der Waals surface area contributed by atoms with Gasteiger partial charge >= 0.3 is 0 Å². The Balaban J connectivity index is 1.41. The van der Waals surface area contributed by atoms with E-state index in [2.05, 4.69) is 31.2 Å². The molecular weight excluding hydrogens is 331 g/mol. The fourth-order valence-electron chi connectivity index (χ4n) is 5.55. The lowest BCUT2D eigenvalue weighted by molar-refractivity contribution is 0.171. The summed E-state index contributed by atoms with van der Waals surface area (Å²) in [5.74, 6) is 3.11. The van der Waals surface area contributed by atoms with Crippen molar-refractivity contribution in [3.8, 4) is 0 Å². The molecule has 0 N–H and O–H groups in total. The monoisotopic (exact) mass is 370 g/mol. The maximum absolute atomic E-state index is 12.4. The van der Waals surface area contributed by atoms with Crippen LogP contribution in [0.15, 0.2) is 36.7 Å². The van der Waals surface area contributed by atoms with Gasteiger partial charge in [0.15, 0.2) is 0 Å². The van der Waals surface area contributed by atoms with Crippen LogP contribution in [0.5, 0.6) is 0 Å². The molecule has 150 valence electrons. The molecule has 1 heteroatoms. The topological polar surface area (TPSA) is 0 Å². The molecule has 0 unspecified atom stereocenters. The summed E-state index contributed by atoms with van der Waals surface area (Å²) in [6, 6.07) is 9.59. The lowest BCUT2D eigenvalue weighted by Gasteiger charge is -2.37. The molecule has 1 aromatic rings. The van der Waals surface area contributed by atoms with E-state index in [4.69, 9.17) is 0 Å². The Labute approximate surface area is 166 Å². The number of halogens is 1. The van der Waals surface area contributed by atoms with Crippen molar-refractivity contribution in [2.24, 2.45) is 17.8 Å². The fourth-order valence-corrected chi connectivity index (χ4v) is 5.55. The van der Waals surface area contributed by atoms with Crippen molar-refractivity contribution in [2.75, 3.05) is 0 Å². The van der Waals surface area contributed by atoms with Gasteiger partial charge in [0, 0.05) is 0 Å². The first kappa shape index (κ1) is 20.6. The standard InChI is InChI=1S/C26H39F/c1-2-3-4-5-6-21-7-11-23(12-8-21)25-15-17-26(18-16-25)24-13-9-22(10-14-24)19-20-27/h7-8,11-12,19-20,22,24-26H,2-6,9-10,13-18H2,1H3. The molecule has 0 atom stereocenters. The summed E-state index contributed by atoms with van der Waals surface area (Å²) in [5.41, 5.74) is 3.09. The number of hydrogen-bond acceptors (Lipinski definition) is 0. The zero-order valence-electron chi connectivity index (χ0n) is 17.3. The summed E-state index contributed by atoms with van der Waals surface area (Å²) in [6.07, 6.45) is 19.7. The molecule has 0 aromatic heterocycles. The minimum atomic E-state index is 0.503. The zero-order chi connectivity index (χ0) is 18.9. The summed E-state index contributed by atoms with van der Waals surface area (Å²) in [5, 5.41) is 0. The highest BCUT2D eigenvalue weighted by Gasteiger charge is 2.30. The van der Waals surface area contributed by atoms with Crippen molar-refractivity contribution in [1.29, 1.82) is 0 Å². The Morgan fingerprint density at radius 3 is 2.04 bits per heavy atom. The van der Waals surface area contributed by atoms with Gasteiger partial charge in [0.05, 0.1) is 6.33 Å². The molecule has 0 saturated heterocycles. The number of aryl methyl sites for hydroxylation is 1. The third-order valence-corrected chi connectivity index (χ3v) is 7.37. The zero-order valence-corrected chi connectivity index (χ0v) is 17.3. The lowest BCUT2D eigenvalue weighted by Crippen LogP contribution is -2.25. The molecule has 2 fully saturated rings. The first-order valence-electron chi connectivity index (χ1n) is 11.7. The second kappa shape index (κ2) is 11.0. The van der Waals surface area contributed by atoms with Crippen molar-refractivity contribution >= 4 is 0 Å². The van der Waals surface area contributed by atoms with E-state index in [-0.39, 0.29) is 0 Å². The molecule has 27 heavy (non-hydrogen) atoms. The van der Waals surface area contributed by atoms with E-state index >= 15 is 0 Å². The highest BCUT2D eigenvalue weighted by Crippen LogP contribution is 2.44. The molecule has 1 aromatic carbocycles. The van der Waals surface area contributed by atoms with Crippen molar-refractivity contribution in [3.05, 3.63) is 47.8 Å². The van der Waals surface area contributed by atoms with Gasteiger partial charge in [0.2, 0.25) is 0 Å². The number of unbranched alkanes of at least 4 members (excludes halogenated alkanes) is 3. The second-order valence-electron chi connectivity index (χ2n) is 9.16. The SMILES string of the molecule is CCCCCCc1ccc(C2CCC(C3CCC(C=CF)CC3)CC2)cc1. The molecule has 0 spiro atoms. The van der Waals surface area contributed by atoms with Crippen molar-refractivity contribution in [3.63, 3.8) is 0 Å². The maximum Gasteiger partial charge on any atom is 0.0829 e. The highest BCUT2D eigenvalue weighted by atomic mass is 19.1. The Kier molecular flexibility index (Phi) is 8.42. The summed E-state index contributed by atoms with van der Waals surface area (Å²) in [6.45, 7) is 2.28. The Hall–Kier alpha value is -1.11. The van der Waals surface area contributed by atoms with E-state index < -0.39 is 0 Å². The lowest BCUT2D eigenvalue weighted by atomic mass is 9.68. The highest BCUT2D eigenvalue weighted by molar-refractivity contribution is 5.26. The summed E-state index contributed by atoms with van der Waals surface area (Å²) in [7, 11) is 0. The van der Waals surface area contributed by atoms with E-state index in [0.29, 0.717) is 5.92 Å². The Morgan fingerprint density at radius 2 is 1.44 bits per heavy atom. The van der Waals surface area contributed by atoms with Gasteiger partial charge in [-0.1, -0.05) is 56.5 Å². The quantitative estimate of drug-likeness (QED) is 0.403. The summed E-state index contributed by atoms with van der Waals surface area (Å²) >= 11 is 0. The van der Waals surface area contributed by atoms with E-state index in [0.717, 1.165) is 24.1 Å². The molecular formula is C26H39F.